The maximum absolute atomic E-state index is 12.7. The fourth-order valence-electron chi connectivity index (χ4n) is 2.85. The maximum Gasteiger partial charge on any atom is 0.239 e. The van der Waals surface area contributed by atoms with E-state index in [-0.39, 0.29) is 5.91 Å². The molecule has 142 valence electrons. The Bertz CT molecular complexity index is 869. The second-order valence-corrected chi connectivity index (χ2v) is 7.27. The number of hydrogen-bond acceptors (Lipinski definition) is 4. The van der Waals surface area contributed by atoms with Crippen molar-refractivity contribution in [1.82, 2.24) is 0 Å². The van der Waals surface area contributed by atoms with Crippen molar-refractivity contribution in [2.24, 2.45) is 5.41 Å². The second kappa shape index (κ2) is 7.31. The van der Waals surface area contributed by atoms with Crippen LogP contribution in [0.5, 0.6) is 11.5 Å². The summed E-state index contributed by atoms with van der Waals surface area (Å²) in [6.07, 6.45) is 0. The fraction of sp³-hybridized carbons (Fsp3) is 0.333. The van der Waals surface area contributed by atoms with E-state index in [9.17, 15) is 9.59 Å². The van der Waals surface area contributed by atoms with Crippen LogP contribution in [0.1, 0.15) is 25.0 Å². The number of benzene rings is 2. The number of nitrogens with one attached hydrogen (secondary N) is 2. The molecular weight excluding hydrogens is 344 g/mol. The van der Waals surface area contributed by atoms with E-state index in [1.807, 2.05) is 32.0 Å². The van der Waals surface area contributed by atoms with E-state index in [1.54, 1.807) is 32.0 Å². The monoisotopic (exact) mass is 368 g/mol. The van der Waals surface area contributed by atoms with Crippen LogP contribution in [0.25, 0.3) is 0 Å². The van der Waals surface area contributed by atoms with Gasteiger partial charge < -0.3 is 20.1 Å². The van der Waals surface area contributed by atoms with Gasteiger partial charge in [-0.15, -0.1) is 0 Å². The fourth-order valence-corrected chi connectivity index (χ4v) is 2.85. The molecule has 6 nitrogen and oxygen atoms in total. The third kappa shape index (κ3) is 4.22. The maximum atomic E-state index is 12.7. The Morgan fingerprint density at radius 1 is 0.815 bits per heavy atom. The van der Waals surface area contributed by atoms with Gasteiger partial charge in [0.25, 0.3) is 0 Å². The number of carbonyl (C=O) groups is 2. The first kappa shape index (κ1) is 18.8. The molecule has 2 aromatic carbocycles. The lowest BCUT2D eigenvalue weighted by Crippen LogP contribution is -2.41. The first-order chi connectivity index (χ1) is 12.8. The molecule has 0 aliphatic carbocycles. The third-order valence-electron chi connectivity index (χ3n) is 4.41. The van der Waals surface area contributed by atoms with Gasteiger partial charge in [-0.3, -0.25) is 9.59 Å². The highest BCUT2D eigenvalue weighted by atomic mass is 16.6. The summed E-state index contributed by atoms with van der Waals surface area (Å²) in [6, 6.07) is 10.9. The normalized spacial score (nSPS) is 13.0. The summed E-state index contributed by atoms with van der Waals surface area (Å²) < 4.78 is 11.0. The molecule has 0 saturated heterocycles. The van der Waals surface area contributed by atoms with E-state index in [4.69, 9.17) is 9.47 Å². The van der Waals surface area contributed by atoms with Gasteiger partial charge in [-0.05, 0) is 63.1 Å². The average molecular weight is 368 g/mol. The van der Waals surface area contributed by atoms with Gasteiger partial charge in [0.2, 0.25) is 11.8 Å². The molecule has 0 spiro atoms. The van der Waals surface area contributed by atoms with Gasteiger partial charge in [-0.25, -0.2) is 0 Å². The predicted molar refractivity (Wildman–Crippen MR) is 104 cm³/mol. The van der Waals surface area contributed by atoms with Gasteiger partial charge >= 0.3 is 0 Å². The molecule has 0 bridgehead atoms. The van der Waals surface area contributed by atoms with E-state index in [0.717, 1.165) is 11.1 Å². The minimum atomic E-state index is -1.26. The molecule has 6 heteroatoms. The molecule has 0 saturated carbocycles. The zero-order chi connectivity index (χ0) is 19.6. The minimum Gasteiger partial charge on any atom is -0.486 e. The summed E-state index contributed by atoms with van der Waals surface area (Å²) >= 11 is 0. The van der Waals surface area contributed by atoms with Crippen molar-refractivity contribution in [3.8, 4) is 11.5 Å². The lowest BCUT2D eigenvalue weighted by Gasteiger charge is -2.24. The van der Waals surface area contributed by atoms with Gasteiger partial charge in [0.05, 0.1) is 0 Å². The zero-order valence-electron chi connectivity index (χ0n) is 16.0. The van der Waals surface area contributed by atoms with Crippen molar-refractivity contribution in [1.29, 1.82) is 0 Å². The molecule has 2 aromatic rings. The first-order valence-electron chi connectivity index (χ1n) is 8.86. The Balaban J connectivity index is 1.71. The quantitative estimate of drug-likeness (QED) is 0.807. The summed E-state index contributed by atoms with van der Waals surface area (Å²) in [4.78, 5) is 25.4. The second-order valence-electron chi connectivity index (χ2n) is 7.27. The van der Waals surface area contributed by atoms with E-state index in [2.05, 4.69) is 10.6 Å². The number of fused-ring (bicyclic) bond motifs is 1. The van der Waals surface area contributed by atoms with Crippen LogP contribution in [0.15, 0.2) is 36.4 Å². The summed E-state index contributed by atoms with van der Waals surface area (Å²) in [5.41, 5.74) is 2.06. The number of rotatable bonds is 4. The Kier molecular flexibility index (Phi) is 5.08. The van der Waals surface area contributed by atoms with Crippen molar-refractivity contribution in [3.05, 3.63) is 47.5 Å². The van der Waals surface area contributed by atoms with E-state index in [1.165, 1.54) is 0 Å². The highest BCUT2D eigenvalue weighted by Gasteiger charge is 2.36. The van der Waals surface area contributed by atoms with Crippen molar-refractivity contribution in [2.75, 3.05) is 23.8 Å². The Hall–Kier alpha value is -3.02. The molecule has 0 aromatic heterocycles. The number of anilines is 2. The molecule has 1 heterocycles. The van der Waals surface area contributed by atoms with Gasteiger partial charge in [-0.1, -0.05) is 6.07 Å². The van der Waals surface area contributed by atoms with Crippen LogP contribution in [0.2, 0.25) is 0 Å². The van der Waals surface area contributed by atoms with Crippen LogP contribution in [-0.4, -0.2) is 25.0 Å². The number of hydrogen-bond donors (Lipinski definition) is 2. The molecule has 2 amide bonds. The lowest BCUT2D eigenvalue weighted by atomic mass is 9.90. The standard InChI is InChI=1S/C21H24N2O4/c1-13-9-14(2)11-16(10-13)23-20(25)21(3,4)19(24)22-15-5-6-17-18(12-15)27-8-7-26-17/h5-6,9-12H,7-8H2,1-4H3,(H,22,24)(H,23,25). The number of amides is 2. The van der Waals surface area contributed by atoms with Gasteiger partial charge in [-0.2, -0.15) is 0 Å². The third-order valence-corrected chi connectivity index (χ3v) is 4.41. The van der Waals surface area contributed by atoms with Crippen LogP contribution >= 0.6 is 0 Å². The van der Waals surface area contributed by atoms with Gasteiger partial charge in [0, 0.05) is 17.4 Å². The van der Waals surface area contributed by atoms with Crippen molar-refractivity contribution < 1.29 is 19.1 Å². The van der Waals surface area contributed by atoms with Crippen LogP contribution in [0, 0.1) is 19.3 Å². The number of ether oxygens (including phenoxy) is 2. The number of carbonyl (C=O) groups excluding carboxylic acids is 2. The highest BCUT2D eigenvalue weighted by Crippen LogP contribution is 2.33. The zero-order valence-corrected chi connectivity index (χ0v) is 16.0. The van der Waals surface area contributed by atoms with Gasteiger partial charge in [0.1, 0.15) is 18.6 Å². The van der Waals surface area contributed by atoms with Crippen LogP contribution in [0.3, 0.4) is 0 Å². The number of aryl methyl sites for hydroxylation is 2. The minimum absolute atomic E-state index is 0.373. The molecule has 1 aliphatic rings. The van der Waals surface area contributed by atoms with Crippen molar-refractivity contribution in [3.63, 3.8) is 0 Å². The largest absolute Gasteiger partial charge is 0.486 e. The van der Waals surface area contributed by atoms with E-state index >= 15 is 0 Å². The molecule has 27 heavy (non-hydrogen) atoms. The van der Waals surface area contributed by atoms with E-state index in [0.29, 0.717) is 36.1 Å². The summed E-state index contributed by atoms with van der Waals surface area (Å²) in [5.74, 6) is 0.450. The molecule has 3 rings (SSSR count). The first-order valence-corrected chi connectivity index (χ1v) is 8.86. The van der Waals surface area contributed by atoms with Crippen LogP contribution in [0.4, 0.5) is 11.4 Å². The molecule has 0 atom stereocenters. The predicted octanol–water partition coefficient (Wildman–Crippen LogP) is 3.68. The van der Waals surface area contributed by atoms with Crippen LogP contribution in [-0.2, 0) is 9.59 Å². The molecular formula is C21H24N2O4. The Labute approximate surface area is 158 Å². The van der Waals surface area contributed by atoms with Crippen LogP contribution < -0.4 is 20.1 Å². The summed E-state index contributed by atoms with van der Waals surface area (Å²) in [6.45, 7) is 8.08. The van der Waals surface area contributed by atoms with Gasteiger partial charge in [0.15, 0.2) is 11.5 Å². The lowest BCUT2D eigenvalue weighted by molar-refractivity contribution is -0.135. The van der Waals surface area contributed by atoms with Crippen molar-refractivity contribution in [2.45, 2.75) is 27.7 Å². The Morgan fingerprint density at radius 2 is 1.37 bits per heavy atom. The SMILES string of the molecule is Cc1cc(C)cc(NC(=O)C(C)(C)C(=O)Nc2ccc3c(c2)OCCO3)c1. The van der Waals surface area contributed by atoms with Crippen molar-refractivity contribution >= 4 is 23.2 Å². The molecule has 0 fully saturated rings. The molecule has 0 unspecified atom stereocenters. The highest BCUT2D eigenvalue weighted by molar-refractivity contribution is 6.14. The molecule has 1 aliphatic heterocycles. The topological polar surface area (TPSA) is 76.7 Å². The van der Waals surface area contributed by atoms with E-state index < -0.39 is 11.3 Å². The Morgan fingerprint density at radius 3 is 2.00 bits per heavy atom. The average Bonchev–Trinajstić information content (AvgIpc) is 2.60. The molecule has 0 radical (unpaired) electrons. The molecule has 2 N–H and O–H groups in total. The smallest absolute Gasteiger partial charge is 0.239 e. The summed E-state index contributed by atoms with van der Waals surface area (Å²) in [7, 11) is 0. The summed E-state index contributed by atoms with van der Waals surface area (Å²) in [5, 5.41) is 5.62.